The van der Waals surface area contributed by atoms with Crippen molar-refractivity contribution in [1.82, 2.24) is 4.90 Å². The summed E-state index contributed by atoms with van der Waals surface area (Å²) in [7, 11) is 2.26. The van der Waals surface area contributed by atoms with Gasteiger partial charge in [-0.1, -0.05) is 86.5 Å². The van der Waals surface area contributed by atoms with Crippen molar-refractivity contribution in [3.8, 4) is 0 Å². The van der Waals surface area contributed by atoms with E-state index >= 15 is 0 Å². The van der Waals surface area contributed by atoms with Gasteiger partial charge in [0.05, 0.1) is 0 Å². The molecule has 0 aromatic rings. The second kappa shape index (κ2) is 10.6. The van der Waals surface area contributed by atoms with Crippen molar-refractivity contribution in [2.75, 3.05) is 20.1 Å². The third kappa shape index (κ3) is 17.9. The van der Waals surface area contributed by atoms with Crippen LogP contribution >= 0.6 is 0 Å². The van der Waals surface area contributed by atoms with Gasteiger partial charge in [0.15, 0.2) is 0 Å². The van der Waals surface area contributed by atoms with Crippen LogP contribution in [0.3, 0.4) is 0 Å². The van der Waals surface area contributed by atoms with Gasteiger partial charge in [-0.3, -0.25) is 0 Å². The van der Waals surface area contributed by atoms with E-state index in [4.69, 9.17) is 0 Å². The highest BCUT2D eigenvalue weighted by molar-refractivity contribution is 4.66. The van der Waals surface area contributed by atoms with E-state index in [1.807, 2.05) is 0 Å². The molecule has 0 spiro atoms. The molecule has 0 aromatic heterocycles. The molecule has 0 atom stereocenters. The highest BCUT2D eigenvalue weighted by atomic mass is 15.1. The van der Waals surface area contributed by atoms with Gasteiger partial charge in [0, 0.05) is 6.54 Å². The lowest BCUT2D eigenvalue weighted by Gasteiger charge is -2.26. The van der Waals surface area contributed by atoms with Gasteiger partial charge in [-0.05, 0) is 37.3 Å². The van der Waals surface area contributed by atoms with Gasteiger partial charge in [-0.25, -0.2) is 0 Å². The Morgan fingerprint density at radius 3 is 1.43 bits per heavy atom. The minimum absolute atomic E-state index is 0.432. The summed E-state index contributed by atoms with van der Waals surface area (Å²) in [6.45, 7) is 16.5. The second-order valence-corrected chi connectivity index (χ2v) is 9.44. The molecule has 1 nitrogen and oxygen atoms in total. The van der Waals surface area contributed by atoms with E-state index in [-0.39, 0.29) is 0 Å². The van der Waals surface area contributed by atoms with Gasteiger partial charge in [0.2, 0.25) is 0 Å². The van der Waals surface area contributed by atoms with Gasteiger partial charge in [-0.15, -0.1) is 0 Å². The zero-order valence-corrected chi connectivity index (χ0v) is 16.2. The maximum absolute atomic E-state index is 2.49. The summed E-state index contributed by atoms with van der Waals surface area (Å²) < 4.78 is 0. The van der Waals surface area contributed by atoms with Crippen molar-refractivity contribution in [1.29, 1.82) is 0 Å². The molecule has 0 rings (SSSR count). The largest absolute Gasteiger partial charge is 0.306 e. The minimum atomic E-state index is 0.432. The molecule has 0 N–H and O–H groups in total. The topological polar surface area (TPSA) is 3.24 Å². The van der Waals surface area contributed by atoms with E-state index in [1.54, 1.807) is 0 Å². The Labute approximate surface area is 135 Å². The predicted octanol–water partition coefficient (Wildman–Crippen LogP) is 6.52. The maximum atomic E-state index is 2.49. The summed E-state index contributed by atoms with van der Waals surface area (Å²) in [4.78, 5) is 2.49. The van der Waals surface area contributed by atoms with Gasteiger partial charge in [-0.2, -0.15) is 0 Å². The van der Waals surface area contributed by atoms with E-state index in [0.717, 1.165) is 0 Å². The van der Waals surface area contributed by atoms with E-state index in [2.05, 4.69) is 53.5 Å². The SMILES string of the molecule is CN(CCCCCCCCCCC(C)(C)C)CC(C)(C)C. The predicted molar refractivity (Wildman–Crippen MR) is 98.0 cm³/mol. The Morgan fingerprint density at radius 1 is 0.571 bits per heavy atom. The third-order valence-electron chi connectivity index (χ3n) is 3.96. The number of rotatable bonds is 11. The van der Waals surface area contributed by atoms with Crippen LogP contribution in [0.25, 0.3) is 0 Å². The first-order valence-electron chi connectivity index (χ1n) is 9.29. The van der Waals surface area contributed by atoms with Crippen LogP contribution in [0.4, 0.5) is 0 Å². The fourth-order valence-corrected chi connectivity index (χ4v) is 2.99. The summed E-state index contributed by atoms with van der Waals surface area (Å²) in [5, 5.41) is 0. The first-order chi connectivity index (χ1) is 9.60. The zero-order valence-electron chi connectivity index (χ0n) is 16.2. The quantitative estimate of drug-likeness (QED) is 0.392. The van der Waals surface area contributed by atoms with Crippen molar-refractivity contribution in [3.63, 3.8) is 0 Å². The van der Waals surface area contributed by atoms with Crippen molar-refractivity contribution < 1.29 is 0 Å². The van der Waals surface area contributed by atoms with Crippen molar-refractivity contribution in [2.45, 2.75) is 99.3 Å². The standard InChI is InChI=1S/C20H43N/c1-19(2,3)16-14-12-10-8-9-11-13-15-17-21(7)18-20(4,5)6/h8-18H2,1-7H3. The van der Waals surface area contributed by atoms with E-state index in [9.17, 15) is 0 Å². The minimum Gasteiger partial charge on any atom is -0.306 e. The van der Waals surface area contributed by atoms with Crippen LogP contribution in [-0.4, -0.2) is 25.0 Å². The Morgan fingerprint density at radius 2 is 1.00 bits per heavy atom. The fourth-order valence-electron chi connectivity index (χ4n) is 2.99. The molecule has 0 amide bonds. The molecule has 1 heteroatoms. The Hall–Kier alpha value is -0.0400. The molecule has 21 heavy (non-hydrogen) atoms. The normalized spacial score (nSPS) is 13.1. The summed E-state index contributed by atoms with van der Waals surface area (Å²) in [5.74, 6) is 0. The van der Waals surface area contributed by atoms with Gasteiger partial charge >= 0.3 is 0 Å². The van der Waals surface area contributed by atoms with Crippen molar-refractivity contribution in [2.24, 2.45) is 10.8 Å². The Kier molecular flexibility index (Phi) is 10.6. The first-order valence-corrected chi connectivity index (χ1v) is 9.29. The lowest BCUT2D eigenvalue weighted by molar-refractivity contribution is 0.223. The highest BCUT2D eigenvalue weighted by Gasteiger charge is 2.12. The molecule has 0 fully saturated rings. The molecule has 0 aliphatic carbocycles. The van der Waals surface area contributed by atoms with E-state index in [0.29, 0.717) is 10.8 Å². The van der Waals surface area contributed by atoms with Crippen LogP contribution in [-0.2, 0) is 0 Å². The summed E-state index contributed by atoms with van der Waals surface area (Å²) in [5.41, 5.74) is 0.959. The monoisotopic (exact) mass is 297 g/mol. The molecule has 128 valence electrons. The van der Waals surface area contributed by atoms with Crippen LogP contribution in [0.2, 0.25) is 0 Å². The molecule has 0 saturated carbocycles. The summed E-state index contributed by atoms with van der Waals surface area (Å²) in [6.07, 6.45) is 12.8. The average Bonchev–Trinajstić information content (AvgIpc) is 2.27. The second-order valence-electron chi connectivity index (χ2n) is 9.44. The number of nitrogens with zero attached hydrogens (tertiary/aromatic N) is 1. The third-order valence-corrected chi connectivity index (χ3v) is 3.96. The molecule has 0 saturated heterocycles. The Balaban J connectivity index is 3.26. The van der Waals surface area contributed by atoms with Crippen LogP contribution in [0.1, 0.15) is 99.3 Å². The molecule has 0 radical (unpaired) electrons. The molecular formula is C20H43N. The van der Waals surface area contributed by atoms with Crippen LogP contribution in [0.5, 0.6) is 0 Å². The Bertz CT molecular complexity index is 231. The number of hydrogen-bond acceptors (Lipinski definition) is 1. The number of hydrogen-bond donors (Lipinski definition) is 0. The van der Waals surface area contributed by atoms with Gasteiger partial charge < -0.3 is 4.90 Å². The average molecular weight is 298 g/mol. The first kappa shape index (κ1) is 21.0. The smallest absolute Gasteiger partial charge is 0.00270 e. The van der Waals surface area contributed by atoms with E-state index < -0.39 is 0 Å². The maximum Gasteiger partial charge on any atom is 0.00270 e. The van der Waals surface area contributed by atoms with Gasteiger partial charge in [0.25, 0.3) is 0 Å². The summed E-state index contributed by atoms with van der Waals surface area (Å²) in [6, 6.07) is 0. The molecule has 0 aliphatic heterocycles. The molecular weight excluding hydrogens is 254 g/mol. The number of unbranched alkanes of at least 4 members (excludes halogenated alkanes) is 7. The lowest BCUT2D eigenvalue weighted by Crippen LogP contribution is -2.30. The molecule has 0 heterocycles. The van der Waals surface area contributed by atoms with Gasteiger partial charge in [0.1, 0.15) is 0 Å². The molecule has 0 aliphatic rings. The molecule has 0 aromatic carbocycles. The van der Waals surface area contributed by atoms with Crippen LogP contribution in [0, 0.1) is 10.8 Å². The van der Waals surface area contributed by atoms with Crippen molar-refractivity contribution >= 4 is 0 Å². The van der Waals surface area contributed by atoms with Crippen LogP contribution < -0.4 is 0 Å². The molecule has 0 bridgehead atoms. The van der Waals surface area contributed by atoms with Crippen LogP contribution in [0.15, 0.2) is 0 Å². The van der Waals surface area contributed by atoms with Crippen molar-refractivity contribution in [3.05, 3.63) is 0 Å². The van der Waals surface area contributed by atoms with E-state index in [1.165, 1.54) is 70.9 Å². The fraction of sp³-hybridized carbons (Fsp3) is 1.00. The summed E-state index contributed by atoms with van der Waals surface area (Å²) >= 11 is 0. The zero-order chi connectivity index (χ0) is 16.4. The highest BCUT2D eigenvalue weighted by Crippen LogP contribution is 2.22. The lowest BCUT2D eigenvalue weighted by atomic mass is 9.89. The molecule has 0 unspecified atom stereocenters.